The van der Waals surface area contributed by atoms with Crippen molar-refractivity contribution in [1.82, 2.24) is 15.5 Å². The topological polar surface area (TPSA) is 110 Å². The number of aryl methyl sites for hydroxylation is 1. The van der Waals surface area contributed by atoms with Crippen LogP contribution in [0.5, 0.6) is 0 Å². The zero-order valence-electron chi connectivity index (χ0n) is 18.6. The third-order valence-electron chi connectivity index (χ3n) is 5.47. The lowest BCUT2D eigenvalue weighted by molar-refractivity contribution is -0.135. The van der Waals surface area contributed by atoms with Crippen molar-refractivity contribution in [3.05, 3.63) is 71.2 Å². The van der Waals surface area contributed by atoms with E-state index in [0.29, 0.717) is 31.3 Å². The van der Waals surface area contributed by atoms with Crippen molar-refractivity contribution in [3.63, 3.8) is 0 Å². The Labute approximate surface area is 192 Å². The van der Waals surface area contributed by atoms with E-state index < -0.39 is 5.97 Å². The van der Waals surface area contributed by atoms with Crippen LogP contribution in [0.25, 0.3) is 22.6 Å². The van der Waals surface area contributed by atoms with Crippen LogP contribution < -0.4 is 5.32 Å². The Morgan fingerprint density at radius 3 is 2.82 bits per heavy atom. The maximum Gasteiger partial charge on any atom is 0.317 e. The lowest BCUT2D eigenvalue weighted by Crippen LogP contribution is -2.25. The van der Waals surface area contributed by atoms with E-state index in [2.05, 4.69) is 45.6 Å². The zero-order chi connectivity index (χ0) is 23.2. The molecule has 0 saturated heterocycles. The van der Waals surface area contributed by atoms with E-state index in [0.717, 1.165) is 22.4 Å². The van der Waals surface area contributed by atoms with Gasteiger partial charge < -0.3 is 19.7 Å². The number of aromatic nitrogens is 2. The molecule has 33 heavy (non-hydrogen) atoms. The first-order valence-corrected chi connectivity index (χ1v) is 10.7. The molecule has 1 aliphatic heterocycles. The maximum atomic E-state index is 10.6. The van der Waals surface area contributed by atoms with Gasteiger partial charge in [0, 0.05) is 31.1 Å². The smallest absolute Gasteiger partial charge is 0.317 e. The van der Waals surface area contributed by atoms with E-state index in [1.807, 2.05) is 30.3 Å². The summed E-state index contributed by atoms with van der Waals surface area (Å²) in [5.41, 5.74) is 6.16. The number of nitrogens with one attached hydrogen (secondary N) is 1. The fraction of sp³-hybridized carbons (Fsp3) is 0.280. The van der Waals surface area contributed by atoms with Crippen LogP contribution in [-0.4, -0.2) is 47.6 Å². The number of aliphatic carboxylic acids is 1. The third kappa shape index (κ3) is 5.42. The normalized spacial score (nSPS) is 15.5. The van der Waals surface area contributed by atoms with Crippen molar-refractivity contribution in [2.75, 3.05) is 20.2 Å². The Balaban J connectivity index is 1.50. The summed E-state index contributed by atoms with van der Waals surface area (Å²) in [7, 11) is 1.68. The number of carboxylic acid groups (broad SMARTS) is 1. The van der Waals surface area contributed by atoms with Crippen LogP contribution in [0.2, 0.25) is 0 Å². The number of rotatable bonds is 9. The molecule has 3 aromatic rings. The standard InChI is InChI=1S/C25H26N4O4/c1-16-5-3-4-6-21(16)22-10-8-17(11-19(22)15-32-2)25-28-24(29-33-25)18-7-9-20(27-12-18)13-26-14-23(30)31/h3-6,8-12,18,26H,7,13-15H2,1-2H3,(H,30,31). The summed E-state index contributed by atoms with van der Waals surface area (Å²) < 4.78 is 11.0. The average molecular weight is 447 g/mol. The maximum absolute atomic E-state index is 10.6. The summed E-state index contributed by atoms with van der Waals surface area (Å²) in [5, 5.41) is 15.7. The SMILES string of the molecule is COCc1cc(-c2nc(C3C=NC(CNCC(=O)O)=CC3)no2)ccc1-c1ccccc1C. The first-order valence-electron chi connectivity index (χ1n) is 10.7. The van der Waals surface area contributed by atoms with Gasteiger partial charge in [0.25, 0.3) is 5.89 Å². The summed E-state index contributed by atoms with van der Waals surface area (Å²) in [6.45, 7) is 2.87. The molecule has 0 saturated carbocycles. The number of hydrogen-bond donors (Lipinski definition) is 2. The molecule has 1 aliphatic rings. The van der Waals surface area contributed by atoms with Gasteiger partial charge in [-0.2, -0.15) is 4.98 Å². The largest absolute Gasteiger partial charge is 0.480 e. The second kappa shape index (κ2) is 10.3. The number of benzene rings is 2. The Hall–Kier alpha value is -3.62. The van der Waals surface area contributed by atoms with Crippen molar-refractivity contribution < 1.29 is 19.2 Å². The monoisotopic (exact) mass is 446 g/mol. The van der Waals surface area contributed by atoms with Gasteiger partial charge in [-0.25, -0.2) is 0 Å². The number of allylic oxidation sites excluding steroid dienone is 1. The first-order chi connectivity index (χ1) is 16.0. The molecule has 0 spiro atoms. The highest BCUT2D eigenvalue weighted by Crippen LogP contribution is 2.31. The lowest BCUT2D eigenvalue weighted by atomic mass is 9.94. The van der Waals surface area contributed by atoms with Crippen LogP contribution >= 0.6 is 0 Å². The van der Waals surface area contributed by atoms with Crippen molar-refractivity contribution in [3.8, 4) is 22.6 Å². The molecule has 1 atom stereocenters. The Bertz CT molecular complexity index is 1200. The lowest BCUT2D eigenvalue weighted by Gasteiger charge is -2.13. The Morgan fingerprint density at radius 2 is 2.09 bits per heavy atom. The number of methoxy groups -OCH3 is 1. The molecule has 2 aromatic carbocycles. The number of nitrogens with zero attached hydrogens (tertiary/aromatic N) is 3. The molecule has 2 heterocycles. The van der Waals surface area contributed by atoms with Gasteiger partial charge in [-0.1, -0.05) is 41.6 Å². The van der Waals surface area contributed by atoms with E-state index in [1.165, 1.54) is 11.1 Å². The molecule has 0 fully saturated rings. The summed E-state index contributed by atoms with van der Waals surface area (Å²) >= 11 is 0. The molecule has 8 nitrogen and oxygen atoms in total. The quantitative estimate of drug-likeness (QED) is 0.512. The first kappa shape index (κ1) is 22.6. The Kier molecular flexibility index (Phi) is 7.07. The van der Waals surface area contributed by atoms with Crippen LogP contribution in [0, 0.1) is 6.92 Å². The average Bonchev–Trinajstić information content (AvgIpc) is 3.30. The van der Waals surface area contributed by atoms with E-state index in [4.69, 9.17) is 14.4 Å². The molecule has 0 aliphatic carbocycles. The summed E-state index contributed by atoms with van der Waals surface area (Å²) in [5.74, 6) is 0.0346. The summed E-state index contributed by atoms with van der Waals surface area (Å²) in [6.07, 6.45) is 4.42. The molecule has 0 bridgehead atoms. The van der Waals surface area contributed by atoms with Crippen molar-refractivity contribution >= 4 is 12.2 Å². The minimum Gasteiger partial charge on any atom is -0.480 e. The van der Waals surface area contributed by atoms with Gasteiger partial charge in [0.2, 0.25) is 0 Å². The molecule has 0 amide bonds. The predicted octanol–water partition coefficient (Wildman–Crippen LogP) is 3.97. The van der Waals surface area contributed by atoms with Crippen molar-refractivity contribution in [2.24, 2.45) is 4.99 Å². The fourth-order valence-corrected chi connectivity index (χ4v) is 3.79. The predicted molar refractivity (Wildman–Crippen MR) is 125 cm³/mol. The number of aliphatic imine (C=N–C) groups is 1. The molecule has 1 unspecified atom stereocenters. The molecular weight excluding hydrogens is 420 g/mol. The fourth-order valence-electron chi connectivity index (χ4n) is 3.79. The van der Waals surface area contributed by atoms with Crippen LogP contribution in [0.1, 0.15) is 29.3 Å². The molecule has 2 N–H and O–H groups in total. The van der Waals surface area contributed by atoms with Gasteiger partial charge in [0.15, 0.2) is 5.82 Å². The second-order valence-corrected chi connectivity index (χ2v) is 7.89. The van der Waals surface area contributed by atoms with E-state index in [9.17, 15) is 4.79 Å². The minimum atomic E-state index is -0.895. The van der Waals surface area contributed by atoms with Gasteiger partial charge in [0.05, 0.1) is 19.1 Å². The van der Waals surface area contributed by atoms with Crippen LogP contribution in [-0.2, 0) is 16.1 Å². The van der Waals surface area contributed by atoms with Crippen molar-refractivity contribution in [2.45, 2.75) is 25.9 Å². The third-order valence-corrected chi connectivity index (χ3v) is 5.47. The van der Waals surface area contributed by atoms with Gasteiger partial charge in [-0.05, 0) is 47.7 Å². The minimum absolute atomic E-state index is 0.0876. The van der Waals surface area contributed by atoms with Crippen molar-refractivity contribution in [1.29, 1.82) is 0 Å². The number of hydrogen-bond acceptors (Lipinski definition) is 7. The Morgan fingerprint density at radius 1 is 1.24 bits per heavy atom. The molecule has 4 rings (SSSR count). The van der Waals surface area contributed by atoms with Crippen LogP contribution in [0.3, 0.4) is 0 Å². The van der Waals surface area contributed by atoms with Gasteiger partial charge in [-0.3, -0.25) is 9.79 Å². The molecule has 170 valence electrons. The highest BCUT2D eigenvalue weighted by atomic mass is 16.5. The van der Waals surface area contributed by atoms with Gasteiger partial charge in [0.1, 0.15) is 0 Å². The van der Waals surface area contributed by atoms with Crippen LogP contribution in [0.15, 0.2) is 63.8 Å². The highest BCUT2D eigenvalue weighted by Gasteiger charge is 2.20. The highest BCUT2D eigenvalue weighted by molar-refractivity contribution is 5.74. The number of carboxylic acids is 1. The number of carbonyl (C=O) groups is 1. The van der Waals surface area contributed by atoms with E-state index >= 15 is 0 Å². The van der Waals surface area contributed by atoms with E-state index in [-0.39, 0.29) is 12.5 Å². The summed E-state index contributed by atoms with van der Waals surface area (Å²) in [4.78, 5) is 19.6. The van der Waals surface area contributed by atoms with Crippen LogP contribution in [0.4, 0.5) is 0 Å². The summed E-state index contributed by atoms with van der Waals surface area (Å²) in [6, 6.07) is 14.3. The van der Waals surface area contributed by atoms with Gasteiger partial charge >= 0.3 is 5.97 Å². The van der Waals surface area contributed by atoms with E-state index in [1.54, 1.807) is 13.3 Å². The molecule has 8 heteroatoms. The second-order valence-electron chi connectivity index (χ2n) is 7.89. The molecule has 1 aromatic heterocycles. The molecular formula is C25H26N4O4. The molecule has 0 radical (unpaired) electrons. The zero-order valence-corrected chi connectivity index (χ0v) is 18.6. The number of ether oxygens (including phenoxy) is 1. The van der Waals surface area contributed by atoms with Gasteiger partial charge in [-0.15, -0.1) is 0 Å².